The standard InChI is InChI=1S/C21H23N7OS/c1-15(19-23-25-26-28(19)17-11-6-3-7-12-17)30-21-24-22-20(18-13-8-14-29-18)27(21)16-9-4-2-5-10-16/h3,6-8,11-16H,2,4-5,9-10H2,1H3. The highest BCUT2D eigenvalue weighted by Crippen LogP contribution is 2.40. The lowest BCUT2D eigenvalue weighted by atomic mass is 9.95. The third kappa shape index (κ3) is 3.65. The van der Waals surface area contributed by atoms with Crippen molar-refractivity contribution >= 4 is 11.8 Å². The Bertz CT molecular complexity index is 1080. The molecule has 1 atom stereocenters. The van der Waals surface area contributed by atoms with Crippen LogP contribution in [0.25, 0.3) is 17.3 Å². The van der Waals surface area contributed by atoms with Gasteiger partial charge in [0.15, 0.2) is 16.7 Å². The molecular weight excluding hydrogens is 398 g/mol. The smallest absolute Gasteiger partial charge is 0.200 e. The number of thioether (sulfide) groups is 1. The minimum atomic E-state index is -0.00352. The van der Waals surface area contributed by atoms with Crippen LogP contribution in [0.4, 0.5) is 0 Å². The Labute approximate surface area is 178 Å². The van der Waals surface area contributed by atoms with Crippen LogP contribution >= 0.6 is 11.8 Å². The summed E-state index contributed by atoms with van der Waals surface area (Å²) >= 11 is 1.63. The quantitative estimate of drug-likeness (QED) is 0.410. The number of furan rings is 1. The molecule has 0 aliphatic heterocycles. The van der Waals surface area contributed by atoms with Crippen molar-refractivity contribution in [3.8, 4) is 17.3 Å². The summed E-state index contributed by atoms with van der Waals surface area (Å²) in [6, 6.07) is 14.1. The minimum absolute atomic E-state index is 0.00352. The van der Waals surface area contributed by atoms with E-state index in [1.54, 1.807) is 22.7 Å². The molecule has 30 heavy (non-hydrogen) atoms. The summed E-state index contributed by atoms with van der Waals surface area (Å²) in [4.78, 5) is 0. The van der Waals surface area contributed by atoms with Gasteiger partial charge in [0.25, 0.3) is 0 Å². The van der Waals surface area contributed by atoms with Crippen molar-refractivity contribution in [2.24, 2.45) is 0 Å². The van der Waals surface area contributed by atoms with Crippen molar-refractivity contribution in [2.75, 3.05) is 0 Å². The normalized spacial score (nSPS) is 16.0. The molecule has 154 valence electrons. The molecule has 1 saturated carbocycles. The second-order valence-electron chi connectivity index (χ2n) is 7.49. The van der Waals surface area contributed by atoms with Gasteiger partial charge in [-0.25, -0.2) is 0 Å². The summed E-state index contributed by atoms with van der Waals surface area (Å²) in [5.41, 5.74) is 0.940. The van der Waals surface area contributed by atoms with Gasteiger partial charge in [-0.05, 0) is 54.5 Å². The zero-order valence-electron chi connectivity index (χ0n) is 16.8. The predicted octanol–water partition coefficient (Wildman–Crippen LogP) is 4.87. The largest absolute Gasteiger partial charge is 0.461 e. The van der Waals surface area contributed by atoms with E-state index in [9.17, 15) is 0 Å². The lowest BCUT2D eigenvalue weighted by Crippen LogP contribution is -2.15. The molecule has 1 aliphatic carbocycles. The third-order valence-corrected chi connectivity index (χ3v) is 6.54. The monoisotopic (exact) mass is 421 g/mol. The van der Waals surface area contributed by atoms with Crippen molar-refractivity contribution in [3.63, 3.8) is 0 Å². The molecule has 0 radical (unpaired) electrons. The van der Waals surface area contributed by atoms with E-state index < -0.39 is 0 Å². The van der Waals surface area contributed by atoms with Crippen molar-refractivity contribution in [3.05, 3.63) is 54.6 Å². The summed E-state index contributed by atoms with van der Waals surface area (Å²) in [5, 5.41) is 22.3. The maximum absolute atomic E-state index is 5.65. The van der Waals surface area contributed by atoms with Gasteiger partial charge in [0.2, 0.25) is 5.82 Å². The number of aromatic nitrogens is 7. The fraction of sp³-hybridized carbons (Fsp3) is 0.381. The number of nitrogens with zero attached hydrogens (tertiary/aromatic N) is 7. The average Bonchev–Trinajstić information content (AvgIpc) is 3.55. The number of tetrazole rings is 1. The molecular formula is C21H23N7OS. The second kappa shape index (κ2) is 8.43. The van der Waals surface area contributed by atoms with E-state index >= 15 is 0 Å². The Morgan fingerprint density at radius 1 is 1.00 bits per heavy atom. The summed E-state index contributed by atoms with van der Waals surface area (Å²) < 4.78 is 9.69. The van der Waals surface area contributed by atoms with Crippen molar-refractivity contribution in [1.29, 1.82) is 0 Å². The first-order valence-electron chi connectivity index (χ1n) is 10.3. The molecule has 8 nitrogen and oxygen atoms in total. The lowest BCUT2D eigenvalue weighted by Gasteiger charge is -2.25. The van der Waals surface area contributed by atoms with Crippen molar-refractivity contribution in [2.45, 2.75) is 55.5 Å². The van der Waals surface area contributed by atoms with E-state index in [2.05, 4.69) is 37.2 Å². The zero-order valence-corrected chi connectivity index (χ0v) is 17.6. The average molecular weight is 422 g/mol. The van der Waals surface area contributed by atoms with Gasteiger partial charge in [0.05, 0.1) is 17.2 Å². The van der Waals surface area contributed by atoms with Crippen LogP contribution in [0.3, 0.4) is 0 Å². The second-order valence-corrected chi connectivity index (χ2v) is 8.80. The van der Waals surface area contributed by atoms with Gasteiger partial charge in [-0.3, -0.25) is 4.57 Å². The van der Waals surface area contributed by atoms with Crippen LogP contribution in [0.1, 0.15) is 56.1 Å². The summed E-state index contributed by atoms with van der Waals surface area (Å²) in [6.07, 6.45) is 7.70. The molecule has 4 aromatic rings. The van der Waals surface area contributed by atoms with Crippen LogP contribution < -0.4 is 0 Å². The van der Waals surface area contributed by atoms with Gasteiger partial charge in [0, 0.05) is 6.04 Å². The first kappa shape index (κ1) is 19.0. The molecule has 0 saturated heterocycles. The number of hydrogen-bond acceptors (Lipinski definition) is 7. The van der Waals surface area contributed by atoms with Gasteiger partial charge in [-0.2, -0.15) is 4.68 Å². The molecule has 9 heteroatoms. The Balaban J connectivity index is 1.47. The SMILES string of the molecule is CC(Sc1nnc(-c2ccco2)n1C1CCCCC1)c1nnnn1-c1ccccc1. The topological polar surface area (TPSA) is 87.4 Å². The fourth-order valence-electron chi connectivity index (χ4n) is 4.01. The molecule has 1 unspecified atom stereocenters. The zero-order chi connectivity index (χ0) is 20.3. The van der Waals surface area contributed by atoms with Crippen LogP contribution in [-0.2, 0) is 0 Å². The molecule has 0 N–H and O–H groups in total. The van der Waals surface area contributed by atoms with E-state index in [4.69, 9.17) is 4.42 Å². The Morgan fingerprint density at radius 3 is 2.60 bits per heavy atom. The highest BCUT2D eigenvalue weighted by Gasteiger charge is 2.27. The van der Waals surface area contributed by atoms with Crippen LogP contribution in [0, 0.1) is 0 Å². The van der Waals surface area contributed by atoms with Crippen molar-refractivity contribution < 1.29 is 4.42 Å². The van der Waals surface area contributed by atoms with Gasteiger partial charge in [0.1, 0.15) is 0 Å². The Hall–Kier alpha value is -2.94. The summed E-state index contributed by atoms with van der Waals surface area (Å²) in [6.45, 7) is 2.10. The molecule has 1 aromatic carbocycles. The summed E-state index contributed by atoms with van der Waals surface area (Å²) in [7, 11) is 0. The molecule has 1 aliphatic rings. The van der Waals surface area contributed by atoms with E-state index in [1.165, 1.54) is 19.3 Å². The molecule has 1 fully saturated rings. The Morgan fingerprint density at radius 2 is 1.83 bits per heavy atom. The number of hydrogen-bond donors (Lipinski definition) is 0. The maximum Gasteiger partial charge on any atom is 0.200 e. The van der Waals surface area contributed by atoms with Crippen LogP contribution in [0.2, 0.25) is 0 Å². The van der Waals surface area contributed by atoms with Gasteiger partial charge < -0.3 is 4.42 Å². The molecule has 3 heterocycles. The summed E-state index contributed by atoms with van der Waals surface area (Å²) in [5.74, 6) is 2.33. The first-order valence-corrected chi connectivity index (χ1v) is 11.2. The van der Waals surface area contributed by atoms with E-state index in [0.29, 0.717) is 6.04 Å². The first-order chi connectivity index (χ1) is 14.8. The van der Waals surface area contributed by atoms with E-state index in [0.717, 1.165) is 41.1 Å². The highest BCUT2D eigenvalue weighted by atomic mass is 32.2. The molecule has 5 rings (SSSR count). The predicted molar refractivity (Wildman–Crippen MR) is 113 cm³/mol. The Kier molecular flexibility index (Phi) is 5.35. The molecule has 0 spiro atoms. The maximum atomic E-state index is 5.65. The number of para-hydroxylation sites is 1. The van der Waals surface area contributed by atoms with Gasteiger partial charge >= 0.3 is 0 Å². The highest BCUT2D eigenvalue weighted by molar-refractivity contribution is 7.99. The fourth-order valence-corrected chi connectivity index (χ4v) is 5.02. The number of rotatable bonds is 6. The molecule has 0 amide bonds. The van der Waals surface area contributed by atoms with E-state index in [-0.39, 0.29) is 5.25 Å². The number of benzene rings is 1. The lowest BCUT2D eigenvalue weighted by molar-refractivity contribution is 0.337. The van der Waals surface area contributed by atoms with Crippen LogP contribution in [0.15, 0.2) is 58.3 Å². The van der Waals surface area contributed by atoms with Crippen LogP contribution in [0.5, 0.6) is 0 Å². The van der Waals surface area contributed by atoms with E-state index in [1.807, 2.05) is 42.5 Å². The van der Waals surface area contributed by atoms with Crippen LogP contribution in [-0.4, -0.2) is 35.0 Å². The van der Waals surface area contributed by atoms with Gasteiger partial charge in [-0.15, -0.1) is 15.3 Å². The van der Waals surface area contributed by atoms with Crippen molar-refractivity contribution in [1.82, 2.24) is 35.0 Å². The minimum Gasteiger partial charge on any atom is -0.461 e. The third-order valence-electron chi connectivity index (χ3n) is 5.49. The van der Waals surface area contributed by atoms with Gasteiger partial charge in [-0.1, -0.05) is 49.2 Å². The molecule has 0 bridgehead atoms. The molecule has 3 aromatic heterocycles.